The Morgan fingerprint density at radius 2 is 2.07 bits per heavy atom. The Hall–Kier alpha value is -0.630. The molecular weight excluding hydrogens is 176 g/mol. The van der Waals surface area contributed by atoms with Gasteiger partial charge in [0, 0.05) is 13.5 Å². The van der Waals surface area contributed by atoms with Crippen molar-refractivity contribution in [3.05, 3.63) is 12.2 Å². The van der Waals surface area contributed by atoms with Crippen LogP contribution in [0.5, 0.6) is 0 Å². The predicted molar refractivity (Wildman–Crippen MR) is 59.4 cm³/mol. The van der Waals surface area contributed by atoms with Crippen LogP contribution in [0.25, 0.3) is 0 Å². The van der Waals surface area contributed by atoms with Gasteiger partial charge in [0.2, 0.25) is 0 Å². The third-order valence-corrected chi connectivity index (χ3v) is 2.23. The van der Waals surface area contributed by atoms with Crippen LogP contribution < -0.4 is 0 Å². The lowest BCUT2D eigenvalue weighted by Crippen LogP contribution is -2.06. The molecule has 1 atom stereocenters. The molecule has 0 fully saturated rings. The van der Waals surface area contributed by atoms with Crippen LogP contribution in [0.3, 0.4) is 0 Å². The Morgan fingerprint density at radius 3 is 2.64 bits per heavy atom. The molecule has 14 heavy (non-hydrogen) atoms. The third kappa shape index (κ3) is 7.99. The zero-order valence-corrected chi connectivity index (χ0v) is 9.37. The average Bonchev–Trinajstić information content (AvgIpc) is 2.22. The topological polar surface area (TPSA) is 26.3 Å². The number of carbonyl (C=O) groups excluding carboxylic acids is 1. The maximum atomic E-state index is 10.1. The number of ether oxygens (including phenoxy) is 1. The number of aldehydes is 1. The first-order valence-electron chi connectivity index (χ1n) is 5.48. The quantitative estimate of drug-likeness (QED) is 0.323. The van der Waals surface area contributed by atoms with E-state index in [1.165, 1.54) is 25.7 Å². The van der Waals surface area contributed by atoms with Crippen LogP contribution in [0.2, 0.25) is 0 Å². The van der Waals surface area contributed by atoms with Crippen molar-refractivity contribution in [3.63, 3.8) is 0 Å². The van der Waals surface area contributed by atoms with Gasteiger partial charge in [-0.05, 0) is 6.42 Å². The second-order valence-electron chi connectivity index (χ2n) is 3.45. The molecule has 0 aromatic rings. The van der Waals surface area contributed by atoms with Gasteiger partial charge in [-0.2, -0.15) is 0 Å². The van der Waals surface area contributed by atoms with Gasteiger partial charge in [0.15, 0.2) is 0 Å². The number of rotatable bonds is 9. The number of hydrogen-bond donors (Lipinski definition) is 0. The molecule has 0 N–H and O–H groups in total. The summed E-state index contributed by atoms with van der Waals surface area (Å²) >= 11 is 0. The van der Waals surface area contributed by atoms with Gasteiger partial charge in [-0.3, -0.25) is 0 Å². The Balaban J connectivity index is 3.51. The molecule has 0 aliphatic carbocycles. The SMILES string of the molecule is CCCCCCC(/C=C/CC=O)OC. The van der Waals surface area contributed by atoms with Crippen LogP contribution in [-0.4, -0.2) is 19.5 Å². The molecular formula is C12H22O2. The van der Waals surface area contributed by atoms with Crippen LogP contribution >= 0.6 is 0 Å². The minimum atomic E-state index is 0.187. The molecule has 0 aromatic carbocycles. The summed E-state index contributed by atoms with van der Waals surface area (Å²) in [6, 6.07) is 0. The van der Waals surface area contributed by atoms with E-state index in [2.05, 4.69) is 6.92 Å². The first kappa shape index (κ1) is 13.4. The minimum absolute atomic E-state index is 0.187. The molecule has 1 unspecified atom stereocenters. The normalized spacial score (nSPS) is 13.3. The second kappa shape index (κ2) is 10.5. The van der Waals surface area contributed by atoms with Gasteiger partial charge in [-0.15, -0.1) is 0 Å². The van der Waals surface area contributed by atoms with E-state index in [1.54, 1.807) is 7.11 Å². The van der Waals surface area contributed by atoms with E-state index in [-0.39, 0.29) is 6.10 Å². The molecule has 2 nitrogen and oxygen atoms in total. The highest BCUT2D eigenvalue weighted by molar-refractivity contribution is 5.51. The number of allylic oxidation sites excluding steroid dienone is 1. The molecule has 0 amide bonds. The minimum Gasteiger partial charge on any atom is -0.377 e. The summed E-state index contributed by atoms with van der Waals surface area (Å²) in [7, 11) is 1.72. The van der Waals surface area contributed by atoms with Crippen molar-refractivity contribution >= 4 is 6.29 Å². The highest BCUT2D eigenvalue weighted by atomic mass is 16.5. The van der Waals surface area contributed by atoms with Gasteiger partial charge in [-0.25, -0.2) is 0 Å². The van der Waals surface area contributed by atoms with Crippen LogP contribution in [0.4, 0.5) is 0 Å². The molecule has 2 heteroatoms. The highest BCUT2D eigenvalue weighted by Crippen LogP contribution is 2.08. The van der Waals surface area contributed by atoms with Crippen molar-refractivity contribution in [1.29, 1.82) is 0 Å². The Morgan fingerprint density at radius 1 is 1.29 bits per heavy atom. The zero-order valence-electron chi connectivity index (χ0n) is 9.37. The van der Waals surface area contributed by atoms with Crippen LogP contribution in [0, 0.1) is 0 Å². The molecule has 0 heterocycles. The van der Waals surface area contributed by atoms with Gasteiger partial charge >= 0.3 is 0 Å². The Bertz CT molecular complexity index is 152. The van der Waals surface area contributed by atoms with Gasteiger partial charge in [0.05, 0.1) is 6.10 Å². The molecule has 0 aliphatic heterocycles. The van der Waals surface area contributed by atoms with E-state index in [4.69, 9.17) is 4.74 Å². The monoisotopic (exact) mass is 198 g/mol. The lowest BCUT2D eigenvalue weighted by Gasteiger charge is -2.09. The van der Waals surface area contributed by atoms with E-state index in [0.29, 0.717) is 6.42 Å². The Kier molecular flexibility index (Phi) is 9.98. The fourth-order valence-corrected chi connectivity index (χ4v) is 1.35. The van der Waals surface area contributed by atoms with E-state index < -0.39 is 0 Å². The molecule has 0 aliphatic rings. The van der Waals surface area contributed by atoms with Crippen molar-refractivity contribution in [2.24, 2.45) is 0 Å². The largest absolute Gasteiger partial charge is 0.377 e. The van der Waals surface area contributed by atoms with Gasteiger partial charge in [0.1, 0.15) is 6.29 Å². The number of carbonyl (C=O) groups is 1. The standard InChI is InChI=1S/C12H22O2/c1-3-4-5-6-9-12(14-2)10-7-8-11-13/h7,10-12H,3-6,8-9H2,1-2H3/b10-7+. The summed E-state index contributed by atoms with van der Waals surface area (Å²) in [5, 5.41) is 0. The van der Waals surface area contributed by atoms with Crippen molar-refractivity contribution < 1.29 is 9.53 Å². The summed E-state index contributed by atoms with van der Waals surface area (Å²) in [4.78, 5) is 10.1. The van der Waals surface area contributed by atoms with Gasteiger partial charge < -0.3 is 9.53 Å². The maximum absolute atomic E-state index is 10.1. The van der Waals surface area contributed by atoms with Crippen molar-refractivity contribution in [1.82, 2.24) is 0 Å². The van der Waals surface area contributed by atoms with E-state index in [9.17, 15) is 4.79 Å². The molecule has 0 saturated carbocycles. The first-order valence-corrected chi connectivity index (χ1v) is 5.48. The van der Waals surface area contributed by atoms with E-state index >= 15 is 0 Å². The lowest BCUT2D eigenvalue weighted by molar-refractivity contribution is -0.107. The average molecular weight is 198 g/mol. The number of hydrogen-bond acceptors (Lipinski definition) is 2. The summed E-state index contributed by atoms with van der Waals surface area (Å²) in [6.45, 7) is 2.21. The van der Waals surface area contributed by atoms with Gasteiger partial charge in [0.25, 0.3) is 0 Å². The molecule has 0 saturated heterocycles. The molecule has 0 bridgehead atoms. The summed E-state index contributed by atoms with van der Waals surface area (Å²) in [5.41, 5.74) is 0. The summed E-state index contributed by atoms with van der Waals surface area (Å²) < 4.78 is 5.27. The van der Waals surface area contributed by atoms with Crippen molar-refractivity contribution in [2.45, 2.75) is 51.6 Å². The fraction of sp³-hybridized carbons (Fsp3) is 0.750. The molecule has 0 aromatic heterocycles. The summed E-state index contributed by atoms with van der Waals surface area (Å²) in [6.07, 6.45) is 11.6. The molecule has 0 radical (unpaired) electrons. The fourth-order valence-electron chi connectivity index (χ4n) is 1.35. The van der Waals surface area contributed by atoms with E-state index in [0.717, 1.165) is 12.7 Å². The van der Waals surface area contributed by atoms with Crippen molar-refractivity contribution in [2.75, 3.05) is 7.11 Å². The smallest absolute Gasteiger partial charge is 0.123 e. The molecule has 82 valence electrons. The third-order valence-electron chi connectivity index (χ3n) is 2.23. The summed E-state index contributed by atoms with van der Waals surface area (Å²) in [5.74, 6) is 0. The lowest BCUT2D eigenvalue weighted by atomic mass is 10.1. The predicted octanol–water partition coefficient (Wildman–Crippen LogP) is 3.12. The Labute approximate surface area is 87.3 Å². The number of methoxy groups -OCH3 is 1. The second-order valence-corrected chi connectivity index (χ2v) is 3.45. The van der Waals surface area contributed by atoms with Crippen molar-refractivity contribution in [3.8, 4) is 0 Å². The maximum Gasteiger partial charge on any atom is 0.123 e. The molecule has 0 spiro atoms. The molecule has 0 rings (SSSR count). The highest BCUT2D eigenvalue weighted by Gasteiger charge is 2.01. The van der Waals surface area contributed by atoms with E-state index in [1.807, 2.05) is 12.2 Å². The van der Waals surface area contributed by atoms with Gasteiger partial charge in [-0.1, -0.05) is 44.8 Å². The van der Waals surface area contributed by atoms with Crippen LogP contribution in [0.1, 0.15) is 45.4 Å². The first-order chi connectivity index (χ1) is 6.85. The van der Waals surface area contributed by atoms with Crippen LogP contribution in [0.15, 0.2) is 12.2 Å². The van der Waals surface area contributed by atoms with Crippen LogP contribution in [-0.2, 0) is 9.53 Å². The number of unbranched alkanes of at least 4 members (excludes halogenated alkanes) is 3. The zero-order chi connectivity index (χ0) is 10.6.